The molecule has 1 aliphatic heterocycles. The van der Waals surface area contributed by atoms with Crippen molar-refractivity contribution >= 4 is 17.8 Å². The van der Waals surface area contributed by atoms with Crippen LogP contribution >= 0.6 is 0 Å². The predicted octanol–water partition coefficient (Wildman–Crippen LogP) is 3.57. The smallest absolute Gasteiger partial charge is 0.305 e. The Labute approximate surface area is 209 Å². The minimum absolute atomic E-state index is 0.0511. The van der Waals surface area contributed by atoms with Gasteiger partial charge in [-0.15, -0.1) is 13.2 Å². The Bertz CT molecular complexity index is 826. The molecule has 0 saturated carbocycles. The number of rotatable bonds is 16. The second-order valence-corrected chi connectivity index (χ2v) is 9.10. The highest BCUT2D eigenvalue weighted by atomic mass is 16.5. The summed E-state index contributed by atoms with van der Waals surface area (Å²) in [5, 5.41) is 12.5. The summed E-state index contributed by atoms with van der Waals surface area (Å²) in [5.74, 6) is -1.26. The molecule has 1 aromatic rings. The highest BCUT2D eigenvalue weighted by Gasteiger charge is 2.31. The zero-order valence-electron chi connectivity index (χ0n) is 20.7. The molecule has 2 amide bonds. The fourth-order valence-corrected chi connectivity index (χ4v) is 4.36. The number of allylic oxidation sites excluding steroid dienone is 2. The van der Waals surface area contributed by atoms with E-state index in [4.69, 9.17) is 4.74 Å². The van der Waals surface area contributed by atoms with Crippen molar-refractivity contribution in [1.82, 2.24) is 10.2 Å². The van der Waals surface area contributed by atoms with Gasteiger partial charge >= 0.3 is 5.97 Å². The maximum absolute atomic E-state index is 13.2. The van der Waals surface area contributed by atoms with Gasteiger partial charge in [0.2, 0.25) is 11.8 Å². The van der Waals surface area contributed by atoms with E-state index in [2.05, 4.69) is 18.5 Å². The molecule has 7 nitrogen and oxygen atoms in total. The molecule has 35 heavy (non-hydrogen) atoms. The Kier molecular flexibility index (Phi) is 12.8. The number of benzene rings is 1. The molecule has 3 unspecified atom stereocenters. The summed E-state index contributed by atoms with van der Waals surface area (Å²) >= 11 is 0. The monoisotopic (exact) mass is 484 g/mol. The molecule has 0 spiro atoms. The standard InChI is InChI=1S/C28H40N2O5/c1-3-5-6-10-16-27(33)35-21-24(18-22-13-8-7-9-14-22)29-28(34)23(12-4-2)19-26(32)30-17-11-15-25(30)20-31/h3-4,7-9,13-14,23-25,31H,1-2,5-6,10-12,15-21H2,(H,29,34). The third kappa shape index (κ3) is 10.1. The van der Waals surface area contributed by atoms with Gasteiger partial charge in [0.1, 0.15) is 6.61 Å². The van der Waals surface area contributed by atoms with E-state index in [-0.39, 0.29) is 43.5 Å². The third-order valence-corrected chi connectivity index (χ3v) is 6.31. The first-order chi connectivity index (χ1) is 17.0. The zero-order chi connectivity index (χ0) is 25.5. The van der Waals surface area contributed by atoms with Crippen LogP contribution in [0.1, 0.15) is 56.9 Å². The zero-order valence-corrected chi connectivity index (χ0v) is 20.7. The normalized spacial score (nSPS) is 16.8. The molecule has 0 aliphatic carbocycles. The minimum atomic E-state index is -0.576. The summed E-state index contributed by atoms with van der Waals surface area (Å²) in [6.07, 6.45) is 8.82. The van der Waals surface area contributed by atoms with Gasteiger partial charge in [0.05, 0.1) is 24.6 Å². The van der Waals surface area contributed by atoms with Crippen LogP contribution in [0, 0.1) is 5.92 Å². The highest BCUT2D eigenvalue weighted by Crippen LogP contribution is 2.21. The lowest BCUT2D eigenvalue weighted by Gasteiger charge is -2.26. The summed E-state index contributed by atoms with van der Waals surface area (Å²) in [6, 6.07) is 9.10. The maximum atomic E-state index is 13.2. The van der Waals surface area contributed by atoms with Crippen LogP contribution in [0.5, 0.6) is 0 Å². The molecule has 2 rings (SSSR count). The number of unbranched alkanes of at least 4 members (excludes halogenated alkanes) is 2. The number of aliphatic hydroxyl groups is 1. The van der Waals surface area contributed by atoms with Crippen LogP contribution in [0.15, 0.2) is 55.6 Å². The van der Waals surface area contributed by atoms with Gasteiger partial charge in [-0.05, 0) is 50.5 Å². The summed E-state index contributed by atoms with van der Waals surface area (Å²) < 4.78 is 5.49. The van der Waals surface area contributed by atoms with Crippen molar-refractivity contribution in [1.29, 1.82) is 0 Å². The van der Waals surface area contributed by atoms with Crippen LogP contribution in [0.4, 0.5) is 0 Å². The van der Waals surface area contributed by atoms with Crippen LogP contribution in [0.2, 0.25) is 0 Å². The number of amides is 2. The minimum Gasteiger partial charge on any atom is -0.463 e. The van der Waals surface area contributed by atoms with Crippen molar-refractivity contribution in [2.45, 2.75) is 69.9 Å². The Morgan fingerprint density at radius 1 is 1.17 bits per heavy atom. The van der Waals surface area contributed by atoms with Gasteiger partial charge in [0, 0.05) is 19.4 Å². The molecular weight excluding hydrogens is 444 g/mol. The number of likely N-dealkylation sites (tertiary alicyclic amines) is 1. The first-order valence-electron chi connectivity index (χ1n) is 12.6. The highest BCUT2D eigenvalue weighted by molar-refractivity contribution is 5.86. The van der Waals surface area contributed by atoms with Gasteiger partial charge in [-0.3, -0.25) is 14.4 Å². The van der Waals surface area contributed by atoms with E-state index in [1.54, 1.807) is 11.0 Å². The van der Waals surface area contributed by atoms with Crippen LogP contribution in [-0.2, 0) is 25.5 Å². The molecule has 1 aromatic carbocycles. The first kappa shape index (κ1) is 28.3. The predicted molar refractivity (Wildman–Crippen MR) is 136 cm³/mol. The van der Waals surface area contributed by atoms with Crippen LogP contribution < -0.4 is 5.32 Å². The second kappa shape index (κ2) is 15.9. The lowest BCUT2D eigenvalue weighted by molar-refractivity contribution is -0.145. The number of hydrogen-bond acceptors (Lipinski definition) is 5. The fourth-order valence-electron chi connectivity index (χ4n) is 4.36. The molecule has 1 aliphatic rings. The number of nitrogens with zero attached hydrogens (tertiary/aromatic N) is 1. The molecule has 7 heteroatoms. The largest absolute Gasteiger partial charge is 0.463 e. The molecular formula is C28H40N2O5. The number of carbonyl (C=O) groups excluding carboxylic acids is 3. The van der Waals surface area contributed by atoms with E-state index < -0.39 is 12.0 Å². The second-order valence-electron chi connectivity index (χ2n) is 9.10. The topological polar surface area (TPSA) is 95.9 Å². The van der Waals surface area contributed by atoms with Crippen LogP contribution in [0.25, 0.3) is 0 Å². The molecule has 1 heterocycles. The molecule has 0 radical (unpaired) electrons. The van der Waals surface area contributed by atoms with E-state index in [1.807, 2.05) is 36.4 Å². The quantitative estimate of drug-likeness (QED) is 0.212. The van der Waals surface area contributed by atoms with Gasteiger partial charge in [-0.2, -0.15) is 0 Å². The van der Waals surface area contributed by atoms with Gasteiger partial charge in [-0.25, -0.2) is 0 Å². The summed E-state index contributed by atoms with van der Waals surface area (Å²) in [6.45, 7) is 8.03. The Morgan fingerprint density at radius 2 is 1.94 bits per heavy atom. The van der Waals surface area contributed by atoms with Gasteiger partial charge in [0.15, 0.2) is 0 Å². The molecule has 3 atom stereocenters. The van der Waals surface area contributed by atoms with E-state index in [0.29, 0.717) is 25.8 Å². The summed E-state index contributed by atoms with van der Waals surface area (Å²) in [7, 11) is 0. The molecule has 1 saturated heterocycles. The molecule has 0 aromatic heterocycles. The lowest BCUT2D eigenvalue weighted by atomic mass is 9.98. The number of esters is 1. The van der Waals surface area contributed by atoms with E-state index in [9.17, 15) is 19.5 Å². The first-order valence-corrected chi connectivity index (χ1v) is 12.6. The molecule has 0 bridgehead atoms. The summed E-state index contributed by atoms with van der Waals surface area (Å²) in [5.41, 5.74) is 1.01. The van der Waals surface area contributed by atoms with Gasteiger partial charge < -0.3 is 20.1 Å². The third-order valence-electron chi connectivity index (χ3n) is 6.31. The van der Waals surface area contributed by atoms with Crippen molar-refractivity contribution in [2.75, 3.05) is 19.8 Å². The average molecular weight is 485 g/mol. The lowest BCUT2D eigenvalue weighted by Crippen LogP contribution is -2.45. The number of hydrogen-bond donors (Lipinski definition) is 2. The molecule has 1 fully saturated rings. The Hall–Kier alpha value is -2.93. The SMILES string of the molecule is C=CCCCCC(=O)OCC(Cc1ccccc1)NC(=O)C(CC=C)CC(=O)N1CCCC1CO. The molecule has 2 N–H and O–H groups in total. The van der Waals surface area contributed by atoms with Crippen molar-refractivity contribution in [3.63, 3.8) is 0 Å². The maximum Gasteiger partial charge on any atom is 0.305 e. The number of carbonyl (C=O) groups is 3. The van der Waals surface area contributed by atoms with E-state index in [0.717, 1.165) is 37.7 Å². The summed E-state index contributed by atoms with van der Waals surface area (Å²) in [4.78, 5) is 39.9. The average Bonchev–Trinajstić information content (AvgIpc) is 3.34. The number of aliphatic hydroxyl groups excluding tert-OH is 1. The van der Waals surface area contributed by atoms with Crippen molar-refractivity contribution in [3.8, 4) is 0 Å². The van der Waals surface area contributed by atoms with Crippen LogP contribution in [0.3, 0.4) is 0 Å². The van der Waals surface area contributed by atoms with Crippen molar-refractivity contribution in [2.24, 2.45) is 5.92 Å². The number of nitrogens with one attached hydrogen (secondary N) is 1. The van der Waals surface area contributed by atoms with Crippen LogP contribution in [-0.4, -0.2) is 59.6 Å². The Balaban J connectivity index is 2.00. The van der Waals surface area contributed by atoms with Gasteiger partial charge in [0.25, 0.3) is 0 Å². The van der Waals surface area contributed by atoms with E-state index >= 15 is 0 Å². The van der Waals surface area contributed by atoms with Crippen molar-refractivity contribution in [3.05, 3.63) is 61.2 Å². The van der Waals surface area contributed by atoms with Gasteiger partial charge in [-0.1, -0.05) is 42.5 Å². The number of ether oxygens (including phenoxy) is 1. The fraction of sp³-hybridized carbons (Fsp3) is 0.536. The van der Waals surface area contributed by atoms with E-state index in [1.165, 1.54) is 0 Å². The Morgan fingerprint density at radius 3 is 2.63 bits per heavy atom. The van der Waals surface area contributed by atoms with Crippen molar-refractivity contribution < 1.29 is 24.2 Å². The molecule has 192 valence electrons.